The average Bonchev–Trinajstić information content (AvgIpc) is 2.59. The summed E-state index contributed by atoms with van der Waals surface area (Å²) in [6.45, 7) is 1.66. The zero-order valence-electron chi connectivity index (χ0n) is 8.47. The molecule has 0 aliphatic rings. The maximum Gasteiger partial charge on any atom is 0.347 e. The van der Waals surface area contributed by atoms with Crippen LogP contribution in [0.25, 0.3) is 5.69 Å². The van der Waals surface area contributed by atoms with Gasteiger partial charge >= 0.3 is 11.7 Å². The van der Waals surface area contributed by atoms with E-state index in [2.05, 4.69) is 10.2 Å². The van der Waals surface area contributed by atoms with Crippen molar-refractivity contribution in [3.05, 3.63) is 46.1 Å². The van der Waals surface area contributed by atoms with Crippen LogP contribution >= 0.6 is 0 Å². The van der Waals surface area contributed by atoms with Crippen molar-refractivity contribution in [2.75, 3.05) is 0 Å². The van der Waals surface area contributed by atoms with Crippen LogP contribution in [0.1, 0.15) is 16.2 Å². The van der Waals surface area contributed by atoms with Gasteiger partial charge in [-0.15, -0.1) is 0 Å². The van der Waals surface area contributed by atoms with Crippen LogP contribution in [0.2, 0.25) is 0 Å². The average molecular weight is 219 g/mol. The number of nitrogens with zero attached hydrogens (tertiary/aromatic N) is 2. The van der Waals surface area contributed by atoms with E-state index in [1.165, 1.54) is 16.7 Å². The highest BCUT2D eigenvalue weighted by Gasteiger charge is 2.08. The molecule has 0 unspecified atom stereocenters. The standard InChI is InChI=1S/C10H9N3O3/c1-6-11-12-10(16)13(6)8-4-2-3-7(5-8)9(14)15/h2-5H,1H3,(H,12,16)(H,14,15). The molecule has 0 saturated carbocycles. The van der Waals surface area contributed by atoms with E-state index in [0.29, 0.717) is 11.5 Å². The van der Waals surface area contributed by atoms with Crippen molar-refractivity contribution < 1.29 is 9.90 Å². The number of carbonyl (C=O) groups is 1. The SMILES string of the molecule is Cc1n[nH]c(=O)n1-c1cccc(C(=O)O)c1. The van der Waals surface area contributed by atoms with Gasteiger partial charge in [-0.05, 0) is 25.1 Å². The lowest BCUT2D eigenvalue weighted by atomic mass is 10.2. The smallest absolute Gasteiger partial charge is 0.347 e. The van der Waals surface area contributed by atoms with Crippen LogP contribution < -0.4 is 5.69 Å². The zero-order valence-corrected chi connectivity index (χ0v) is 8.47. The van der Waals surface area contributed by atoms with E-state index < -0.39 is 5.97 Å². The number of rotatable bonds is 2. The predicted octanol–water partition coefficient (Wildman–Crippen LogP) is 0.567. The number of aryl methyl sites for hydroxylation is 1. The molecule has 16 heavy (non-hydrogen) atoms. The zero-order chi connectivity index (χ0) is 11.7. The topological polar surface area (TPSA) is 88.0 Å². The summed E-state index contributed by atoms with van der Waals surface area (Å²) in [5.74, 6) is -0.552. The number of hydrogen-bond donors (Lipinski definition) is 2. The fraction of sp³-hybridized carbons (Fsp3) is 0.100. The second kappa shape index (κ2) is 3.65. The summed E-state index contributed by atoms with van der Waals surface area (Å²) in [6.07, 6.45) is 0. The Morgan fingerprint density at radius 3 is 2.81 bits per heavy atom. The minimum atomic E-state index is -1.03. The molecule has 0 fully saturated rings. The summed E-state index contributed by atoms with van der Waals surface area (Å²) in [4.78, 5) is 22.2. The minimum Gasteiger partial charge on any atom is -0.478 e. The molecule has 0 saturated heterocycles. The first-order chi connectivity index (χ1) is 7.59. The number of aromatic amines is 1. The van der Waals surface area contributed by atoms with E-state index in [0.717, 1.165) is 0 Å². The Balaban J connectivity index is 2.61. The molecule has 1 aromatic heterocycles. The van der Waals surface area contributed by atoms with Crippen molar-refractivity contribution in [2.45, 2.75) is 6.92 Å². The van der Waals surface area contributed by atoms with Gasteiger partial charge in [0.25, 0.3) is 0 Å². The summed E-state index contributed by atoms with van der Waals surface area (Å²) in [5.41, 5.74) is 0.223. The third-order valence-corrected chi connectivity index (χ3v) is 2.19. The molecule has 0 amide bonds. The molecule has 0 aliphatic heterocycles. The van der Waals surface area contributed by atoms with Crippen LogP contribution in [0.5, 0.6) is 0 Å². The highest BCUT2D eigenvalue weighted by Crippen LogP contribution is 2.09. The lowest BCUT2D eigenvalue weighted by molar-refractivity contribution is 0.0697. The summed E-state index contributed by atoms with van der Waals surface area (Å²) in [5, 5.41) is 14.9. The van der Waals surface area contributed by atoms with Gasteiger partial charge < -0.3 is 5.11 Å². The Kier molecular flexibility index (Phi) is 2.32. The van der Waals surface area contributed by atoms with Crippen LogP contribution in [0.15, 0.2) is 29.1 Å². The number of H-pyrrole nitrogens is 1. The number of aromatic nitrogens is 3. The molecule has 82 valence electrons. The lowest BCUT2D eigenvalue weighted by Crippen LogP contribution is -2.16. The summed E-state index contributed by atoms with van der Waals surface area (Å²) in [6, 6.07) is 6.12. The quantitative estimate of drug-likeness (QED) is 0.772. The first-order valence-corrected chi connectivity index (χ1v) is 4.57. The van der Waals surface area contributed by atoms with Crippen LogP contribution in [0.3, 0.4) is 0 Å². The van der Waals surface area contributed by atoms with Crippen LogP contribution in [0, 0.1) is 6.92 Å². The van der Waals surface area contributed by atoms with Gasteiger partial charge in [-0.25, -0.2) is 19.3 Å². The molecule has 2 aromatic rings. The first-order valence-electron chi connectivity index (χ1n) is 4.57. The first kappa shape index (κ1) is 10.2. The van der Waals surface area contributed by atoms with Crippen LogP contribution in [0.4, 0.5) is 0 Å². The molecule has 2 rings (SSSR count). The van der Waals surface area contributed by atoms with Gasteiger partial charge in [0.15, 0.2) is 0 Å². The fourth-order valence-electron chi connectivity index (χ4n) is 1.46. The third kappa shape index (κ3) is 1.60. The van der Waals surface area contributed by atoms with Crippen LogP contribution in [-0.4, -0.2) is 25.8 Å². The number of nitrogens with one attached hydrogen (secondary N) is 1. The molecule has 1 heterocycles. The fourth-order valence-corrected chi connectivity index (χ4v) is 1.46. The molecule has 1 aromatic carbocycles. The van der Waals surface area contributed by atoms with Crippen molar-refractivity contribution in [1.82, 2.24) is 14.8 Å². The molecule has 0 aliphatic carbocycles. The summed E-state index contributed by atoms with van der Waals surface area (Å²) < 4.78 is 1.31. The largest absolute Gasteiger partial charge is 0.478 e. The second-order valence-electron chi connectivity index (χ2n) is 3.27. The van der Waals surface area contributed by atoms with Crippen molar-refractivity contribution in [3.63, 3.8) is 0 Å². The number of carboxylic acids is 1. The molecule has 0 spiro atoms. The Morgan fingerprint density at radius 2 is 2.25 bits per heavy atom. The number of aromatic carboxylic acids is 1. The maximum atomic E-state index is 11.4. The minimum absolute atomic E-state index is 0.130. The third-order valence-electron chi connectivity index (χ3n) is 2.19. The van der Waals surface area contributed by atoms with E-state index >= 15 is 0 Å². The number of carboxylic acid groups (broad SMARTS) is 1. The van der Waals surface area contributed by atoms with Gasteiger partial charge in [0.05, 0.1) is 11.3 Å². The van der Waals surface area contributed by atoms with Crippen molar-refractivity contribution >= 4 is 5.97 Å². The second-order valence-corrected chi connectivity index (χ2v) is 3.27. The Morgan fingerprint density at radius 1 is 1.50 bits per heavy atom. The molecule has 6 heteroatoms. The molecule has 0 bridgehead atoms. The highest BCUT2D eigenvalue weighted by molar-refractivity contribution is 5.88. The normalized spacial score (nSPS) is 10.3. The van der Waals surface area contributed by atoms with E-state index in [9.17, 15) is 9.59 Å². The number of hydrogen-bond acceptors (Lipinski definition) is 3. The van der Waals surface area contributed by atoms with Crippen molar-refractivity contribution in [3.8, 4) is 5.69 Å². The van der Waals surface area contributed by atoms with Crippen LogP contribution in [-0.2, 0) is 0 Å². The molecular weight excluding hydrogens is 210 g/mol. The Hall–Kier alpha value is -2.37. The van der Waals surface area contributed by atoms with E-state index in [-0.39, 0.29) is 11.3 Å². The van der Waals surface area contributed by atoms with E-state index in [1.807, 2.05) is 0 Å². The van der Waals surface area contributed by atoms with Gasteiger partial charge in [0, 0.05) is 0 Å². The lowest BCUT2D eigenvalue weighted by Gasteiger charge is -2.03. The molecular formula is C10H9N3O3. The Labute approximate surface area is 90.2 Å². The van der Waals surface area contributed by atoms with E-state index in [1.54, 1.807) is 19.1 Å². The molecule has 0 radical (unpaired) electrons. The monoisotopic (exact) mass is 219 g/mol. The van der Waals surface area contributed by atoms with E-state index in [4.69, 9.17) is 5.11 Å². The van der Waals surface area contributed by atoms with Gasteiger partial charge in [0.1, 0.15) is 5.82 Å². The predicted molar refractivity (Wildman–Crippen MR) is 55.9 cm³/mol. The molecule has 6 nitrogen and oxygen atoms in total. The van der Waals surface area contributed by atoms with Gasteiger partial charge in [-0.2, -0.15) is 5.10 Å². The van der Waals surface area contributed by atoms with Crippen molar-refractivity contribution in [2.24, 2.45) is 0 Å². The maximum absolute atomic E-state index is 11.4. The molecule has 0 atom stereocenters. The van der Waals surface area contributed by atoms with Crippen molar-refractivity contribution in [1.29, 1.82) is 0 Å². The van der Waals surface area contributed by atoms with Gasteiger partial charge in [-0.3, -0.25) is 0 Å². The van der Waals surface area contributed by atoms with Gasteiger partial charge in [-0.1, -0.05) is 6.07 Å². The summed E-state index contributed by atoms with van der Waals surface area (Å²) in [7, 11) is 0. The summed E-state index contributed by atoms with van der Waals surface area (Å²) >= 11 is 0. The number of benzene rings is 1. The highest BCUT2D eigenvalue weighted by atomic mass is 16.4. The molecule has 2 N–H and O–H groups in total. The Bertz CT molecular complexity index is 597. The van der Waals surface area contributed by atoms with Gasteiger partial charge in [0.2, 0.25) is 0 Å².